The van der Waals surface area contributed by atoms with Gasteiger partial charge in [0.1, 0.15) is 0 Å². The van der Waals surface area contributed by atoms with Gasteiger partial charge >= 0.3 is 0 Å². The van der Waals surface area contributed by atoms with Gasteiger partial charge in [0.05, 0.1) is 0 Å². The summed E-state index contributed by atoms with van der Waals surface area (Å²) in [7, 11) is 0. The highest BCUT2D eigenvalue weighted by Gasteiger charge is 1.80. The predicted octanol–water partition coefficient (Wildman–Crippen LogP) is 2.73. The maximum absolute atomic E-state index is 3.36. The topological polar surface area (TPSA) is 12.0 Å². The molecule has 0 aromatic rings. The lowest BCUT2D eigenvalue weighted by atomic mass is 10.3. The van der Waals surface area contributed by atoms with E-state index in [4.69, 9.17) is 0 Å². The van der Waals surface area contributed by atoms with Crippen LogP contribution in [0.4, 0.5) is 0 Å². The third-order valence-corrected chi connectivity index (χ3v) is 1.59. The molecule has 0 aliphatic carbocycles. The zero-order valence-corrected chi connectivity index (χ0v) is 7.90. The van der Waals surface area contributed by atoms with E-state index in [0.717, 1.165) is 13.1 Å². The second-order valence-electron chi connectivity index (χ2n) is 2.82. The quantitative estimate of drug-likeness (QED) is 0.440. The summed E-state index contributed by atoms with van der Waals surface area (Å²) in [6.07, 6.45) is 9.52. The van der Waals surface area contributed by atoms with Gasteiger partial charge in [-0.2, -0.15) is 0 Å². The van der Waals surface area contributed by atoms with Crippen LogP contribution in [0.25, 0.3) is 0 Å². The minimum absolute atomic E-state index is 1.04. The molecule has 11 heavy (non-hydrogen) atoms. The Morgan fingerprint density at radius 1 is 1.09 bits per heavy atom. The number of nitrogens with one attached hydrogen (secondary N) is 1. The van der Waals surface area contributed by atoms with E-state index >= 15 is 0 Å². The molecule has 0 aromatic heterocycles. The maximum Gasteiger partial charge on any atom is 0.0134 e. The van der Waals surface area contributed by atoms with E-state index < -0.39 is 0 Å². The molecule has 0 aliphatic heterocycles. The fourth-order valence-corrected chi connectivity index (χ4v) is 0.855. The van der Waals surface area contributed by atoms with E-state index in [0.29, 0.717) is 0 Å². The lowest BCUT2D eigenvalue weighted by Crippen LogP contribution is -2.14. The summed E-state index contributed by atoms with van der Waals surface area (Å²) in [6, 6.07) is 0. The Kier molecular flexibility index (Phi) is 9.44. The van der Waals surface area contributed by atoms with Crippen molar-refractivity contribution in [1.29, 1.82) is 0 Å². The van der Waals surface area contributed by atoms with Gasteiger partial charge < -0.3 is 5.32 Å². The fourth-order valence-electron chi connectivity index (χ4n) is 0.855. The first-order valence-corrected chi connectivity index (χ1v) is 4.77. The minimum atomic E-state index is 1.04. The van der Waals surface area contributed by atoms with Crippen molar-refractivity contribution in [3.63, 3.8) is 0 Å². The fraction of sp³-hybridized carbons (Fsp3) is 0.800. The Morgan fingerprint density at radius 3 is 2.55 bits per heavy atom. The van der Waals surface area contributed by atoms with E-state index in [1.807, 2.05) is 0 Å². The van der Waals surface area contributed by atoms with E-state index in [-0.39, 0.29) is 0 Å². The van der Waals surface area contributed by atoms with Gasteiger partial charge in [-0.3, -0.25) is 0 Å². The lowest BCUT2D eigenvalue weighted by molar-refractivity contribution is 0.680. The van der Waals surface area contributed by atoms with Crippen LogP contribution in [0.1, 0.15) is 39.5 Å². The third-order valence-electron chi connectivity index (χ3n) is 1.59. The SMILES string of the molecule is CCCC=CCNCCCC. The molecule has 0 saturated heterocycles. The molecule has 0 unspecified atom stereocenters. The molecular weight excluding hydrogens is 134 g/mol. The van der Waals surface area contributed by atoms with Crippen molar-refractivity contribution >= 4 is 0 Å². The van der Waals surface area contributed by atoms with Gasteiger partial charge in [0.2, 0.25) is 0 Å². The molecule has 0 atom stereocenters. The number of hydrogen-bond acceptors (Lipinski definition) is 1. The molecule has 0 aliphatic rings. The molecule has 0 rings (SSSR count). The summed E-state index contributed by atoms with van der Waals surface area (Å²) in [4.78, 5) is 0. The van der Waals surface area contributed by atoms with Crippen LogP contribution in [0, 0.1) is 0 Å². The van der Waals surface area contributed by atoms with Crippen molar-refractivity contribution in [2.24, 2.45) is 0 Å². The predicted molar refractivity (Wildman–Crippen MR) is 51.8 cm³/mol. The van der Waals surface area contributed by atoms with Crippen LogP contribution >= 0.6 is 0 Å². The molecule has 0 amide bonds. The van der Waals surface area contributed by atoms with Crippen molar-refractivity contribution in [2.75, 3.05) is 13.1 Å². The zero-order chi connectivity index (χ0) is 8.36. The van der Waals surface area contributed by atoms with Crippen LogP contribution in [-0.2, 0) is 0 Å². The second-order valence-corrected chi connectivity index (χ2v) is 2.82. The standard InChI is InChI=1S/C10H21N/c1-3-5-7-8-10-11-9-6-4-2/h7-8,11H,3-6,9-10H2,1-2H3. The average Bonchev–Trinajstić information content (AvgIpc) is 2.03. The smallest absolute Gasteiger partial charge is 0.0134 e. The molecule has 0 bridgehead atoms. The van der Waals surface area contributed by atoms with E-state index in [2.05, 4.69) is 31.3 Å². The maximum atomic E-state index is 3.36. The first-order valence-electron chi connectivity index (χ1n) is 4.77. The molecule has 0 aromatic carbocycles. The molecule has 1 nitrogen and oxygen atoms in total. The third kappa shape index (κ3) is 9.70. The highest BCUT2D eigenvalue weighted by atomic mass is 14.8. The molecule has 0 spiro atoms. The summed E-state index contributed by atoms with van der Waals surface area (Å²) in [6.45, 7) is 6.62. The summed E-state index contributed by atoms with van der Waals surface area (Å²) >= 11 is 0. The van der Waals surface area contributed by atoms with Crippen molar-refractivity contribution < 1.29 is 0 Å². The average molecular weight is 155 g/mol. The van der Waals surface area contributed by atoms with Gasteiger partial charge in [-0.05, 0) is 19.4 Å². The number of hydrogen-bond donors (Lipinski definition) is 1. The summed E-state index contributed by atoms with van der Waals surface area (Å²) < 4.78 is 0. The molecule has 66 valence electrons. The van der Waals surface area contributed by atoms with Crippen LogP contribution in [-0.4, -0.2) is 13.1 Å². The zero-order valence-electron chi connectivity index (χ0n) is 7.90. The number of rotatable bonds is 7. The lowest BCUT2D eigenvalue weighted by Gasteiger charge is -1.97. The van der Waals surface area contributed by atoms with E-state index in [1.165, 1.54) is 25.7 Å². The van der Waals surface area contributed by atoms with E-state index in [1.54, 1.807) is 0 Å². The Bertz CT molecular complexity index is 86.9. The molecular formula is C10H21N. The van der Waals surface area contributed by atoms with Gasteiger partial charge in [-0.15, -0.1) is 0 Å². The Hall–Kier alpha value is -0.300. The van der Waals surface area contributed by atoms with Gasteiger partial charge in [0, 0.05) is 6.54 Å². The normalized spacial score (nSPS) is 11.1. The van der Waals surface area contributed by atoms with Crippen molar-refractivity contribution in [3.05, 3.63) is 12.2 Å². The van der Waals surface area contributed by atoms with Crippen LogP contribution in [0.15, 0.2) is 12.2 Å². The molecule has 0 heterocycles. The van der Waals surface area contributed by atoms with Crippen LogP contribution in [0.3, 0.4) is 0 Å². The largest absolute Gasteiger partial charge is 0.313 e. The van der Waals surface area contributed by atoms with Crippen LogP contribution in [0.5, 0.6) is 0 Å². The summed E-state index contributed by atoms with van der Waals surface area (Å²) in [5.74, 6) is 0. The number of allylic oxidation sites excluding steroid dienone is 1. The van der Waals surface area contributed by atoms with Crippen LogP contribution in [0.2, 0.25) is 0 Å². The Balaban J connectivity index is 2.89. The highest BCUT2D eigenvalue weighted by Crippen LogP contribution is 1.87. The van der Waals surface area contributed by atoms with Gasteiger partial charge in [0.15, 0.2) is 0 Å². The second kappa shape index (κ2) is 9.70. The molecule has 1 heteroatoms. The first kappa shape index (κ1) is 10.7. The first-order chi connectivity index (χ1) is 5.41. The monoisotopic (exact) mass is 155 g/mol. The molecule has 0 fully saturated rings. The van der Waals surface area contributed by atoms with Gasteiger partial charge in [-0.25, -0.2) is 0 Å². The molecule has 0 saturated carbocycles. The van der Waals surface area contributed by atoms with Gasteiger partial charge in [0.25, 0.3) is 0 Å². The summed E-state index contributed by atoms with van der Waals surface area (Å²) in [5.41, 5.74) is 0. The summed E-state index contributed by atoms with van der Waals surface area (Å²) in [5, 5.41) is 3.36. The van der Waals surface area contributed by atoms with Gasteiger partial charge in [-0.1, -0.05) is 38.8 Å². The minimum Gasteiger partial charge on any atom is -0.313 e. The molecule has 0 radical (unpaired) electrons. The number of unbranched alkanes of at least 4 members (excludes halogenated alkanes) is 2. The van der Waals surface area contributed by atoms with E-state index in [9.17, 15) is 0 Å². The Labute approximate surface area is 70.9 Å². The van der Waals surface area contributed by atoms with Crippen molar-refractivity contribution in [3.8, 4) is 0 Å². The Morgan fingerprint density at radius 2 is 1.91 bits per heavy atom. The molecule has 1 N–H and O–H groups in total. The van der Waals surface area contributed by atoms with Crippen LogP contribution < -0.4 is 5.32 Å². The highest BCUT2D eigenvalue weighted by molar-refractivity contribution is 4.82. The van der Waals surface area contributed by atoms with Crippen molar-refractivity contribution in [2.45, 2.75) is 39.5 Å². The van der Waals surface area contributed by atoms with Crippen molar-refractivity contribution in [1.82, 2.24) is 5.32 Å².